The van der Waals surface area contributed by atoms with E-state index in [1.54, 1.807) is 27.7 Å². The number of carboxylic acid groups (broad SMARTS) is 1. The van der Waals surface area contributed by atoms with E-state index in [0.29, 0.717) is 19.4 Å². The summed E-state index contributed by atoms with van der Waals surface area (Å²) in [6.45, 7) is 7.53. The average molecular weight is 364 g/mol. The van der Waals surface area contributed by atoms with Gasteiger partial charge in [-0.1, -0.05) is 31.2 Å². The maximum atomic E-state index is 11.6. The summed E-state index contributed by atoms with van der Waals surface area (Å²) in [5, 5.41) is 14.6. The van der Waals surface area contributed by atoms with Gasteiger partial charge in [0.25, 0.3) is 0 Å². The fourth-order valence-electron chi connectivity index (χ4n) is 2.17. The Morgan fingerprint density at radius 3 is 2.15 bits per heavy atom. The lowest BCUT2D eigenvalue weighted by Crippen LogP contribution is -2.33. The van der Waals surface area contributed by atoms with Crippen LogP contribution in [0.1, 0.15) is 45.2 Å². The van der Waals surface area contributed by atoms with Crippen LogP contribution in [0, 0.1) is 5.92 Å². The van der Waals surface area contributed by atoms with Crippen molar-refractivity contribution >= 4 is 18.0 Å². The number of ether oxygens (including phenoxy) is 1. The third kappa shape index (κ3) is 8.50. The molecule has 2 amide bonds. The van der Waals surface area contributed by atoms with Gasteiger partial charge in [0.05, 0.1) is 5.92 Å². The maximum Gasteiger partial charge on any atom is 0.407 e. The zero-order valence-electron chi connectivity index (χ0n) is 15.8. The first kappa shape index (κ1) is 21.5. The minimum Gasteiger partial charge on any atom is -0.481 e. The van der Waals surface area contributed by atoms with E-state index in [1.807, 2.05) is 24.3 Å². The molecular formula is C19H28N2O5. The molecule has 0 fully saturated rings. The average Bonchev–Trinajstić information content (AvgIpc) is 2.55. The Kier molecular flexibility index (Phi) is 8.09. The molecule has 1 rings (SSSR count). The van der Waals surface area contributed by atoms with Crippen molar-refractivity contribution in [3.05, 3.63) is 35.4 Å². The largest absolute Gasteiger partial charge is 0.481 e. The number of alkyl carbamates (subject to hydrolysis) is 1. The Hall–Kier alpha value is -2.57. The molecular weight excluding hydrogens is 336 g/mol. The fraction of sp³-hybridized carbons (Fsp3) is 0.526. The van der Waals surface area contributed by atoms with E-state index in [2.05, 4.69) is 10.6 Å². The van der Waals surface area contributed by atoms with Crippen molar-refractivity contribution in [3.63, 3.8) is 0 Å². The summed E-state index contributed by atoms with van der Waals surface area (Å²) in [7, 11) is 0. The molecule has 0 heterocycles. The Morgan fingerprint density at radius 2 is 1.65 bits per heavy atom. The van der Waals surface area contributed by atoms with Gasteiger partial charge in [-0.3, -0.25) is 9.59 Å². The molecule has 0 unspecified atom stereocenters. The summed E-state index contributed by atoms with van der Waals surface area (Å²) < 4.78 is 5.17. The first-order valence-electron chi connectivity index (χ1n) is 8.65. The number of carboxylic acids is 1. The van der Waals surface area contributed by atoms with Crippen molar-refractivity contribution in [3.8, 4) is 0 Å². The third-order valence-corrected chi connectivity index (χ3v) is 3.56. The highest BCUT2D eigenvalue weighted by molar-refractivity contribution is 5.77. The van der Waals surface area contributed by atoms with Crippen LogP contribution in [0.4, 0.5) is 4.79 Å². The Balaban J connectivity index is 2.55. The summed E-state index contributed by atoms with van der Waals surface area (Å²) in [6.07, 6.45) is 0.157. The molecule has 0 aliphatic heterocycles. The molecule has 144 valence electrons. The van der Waals surface area contributed by atoms with E-state index in [4.69, 9.17) is 4.74 Å². The number of hydrogen-bond donors (Lipinski definition) is 3. The lowest BCUT2D eigenvalue weighted by Gasteiger charge is -2.19. The molecule has 0 radical (unpaired) electrons. The summed E-state index contributed by atoms with van der Waals surface area (Å²) in [6, 6.07) is 7.31. The molecule has 0 aliphatic rings. The minimum atomic E-state index is -0.947. The standard InChI is InChI=1S/C19H28N2O5/c1-5-16(22)20-12-15(17(23)24)10-13-6-8-14(9-7-13)11-21-18(25)26-19(2,3)4/h6-9,15H,5,10-12H2,1-4H3,(H,20,22)(H,21,25)(H,23,24)/t15-/m0/s1. The monoisotopic (exact) mass is 364 g/mol. The normalized spacial score (nSPS) is 12.2. The van der Waals surface area contributed by atoms with Crippen LogP contribution in [0.15, 0.2) is 24.3 Å². The van der Waals surface area contributed by atoms with Crippen LogP contribution in [0.2, 0.25) is 0 Å². The number of carbonyl (C=O) groups is 3. The molecule has 0 aromatic heterocycles. The Morgan fingerprint density at radius 1 is 1.08 bits per heavy atom. The smallest absolute Gasteiger partial charge is 0.407 e. The second kappa shape index (κ2) is 9.79. The Bertz CT molecular complexity index is 620. The van der Waals surface area contributed by atoms with Gasteiger partial charge in [0.2, 0.25) is 5.91 Å². The molecule has 0 aliphatic carbocycles. The number of benzene rings is 1. The molecule has 7 nitrogen and oxygen atoms in total. The van der Waals surface area contributed by atoms with Crippen molar-refractivity contribution in [2.24, 2.45) is 5.92 Å². The van der Waals surface area contributed by atoms with E-state index in [1.165, 1.54) is 0 Å². The predicted molar refractivity (Wildman–Crippen MR) is 97.6 cm³/mol. The zero-order valence-corrected chi connectivity index (χ0v) is 15.8. The lowest BCUT2D eigenvalue weighted by molar-refractivity contribution is -0.141. The van der Waals surface area contributed by atoms with E-state index in [9.17, 15) is 19.5 Å². The van der Waals surface area contributed by atoms with Gasteiger partial charge in [-0.05, 0) is 38.3 Å². The first-order valence-corrected chi connectivity index (χ1v) is 8.65. The van der Waals surface area contributed by atoms with Gasteiger partial charge >= 0.3 is 12.1 Å². The van der Waals surface area contributed by atoms with E-state index in [0.717, 1.165) is 11.1 Å². The van der Waals surface area contributed by atoms with Crippen LogP contribution in [0.25, 0.3) is 0 Å². The van der Waals surface area contributed by atoms with Gasteiger partial charge in [0.15, 0.2) is 0 Å². The van der Waals surface area contributed by atoms with Crippen molar-refractivity contribution in [2.75, 3.05) is 6.54 Å². The van der Waals surface area contributed by atoms with Gasteiger partial charge in [-0.2, -0.15) is 0 Å². The maximum absolute atomic E-state index is 11.6. The lowest BCUT2D eigenvalue weighted by atomic mass is 9.98. The highest BCUT2D eigenvalue weighted by atomic mass is 16.6. The number of carbonyl (C=O) groups excluding carboxylic acids is 2. The second-order valence-corrected chi connectivity index (χ2v) is 7.07. The van der Waals surface area contributed by atoms with Gasteiger partial charge in [-0.15, -0.1) is 0 Å². The number of amides is 2. The predicted octanol–water partition coefficient (Wildman–Crippen LogP) is 2.48. The van der Waals surface area contributed by atoms with Crippen LogP contribution in [-0.4, -0.2) is 35.2 Å². The van der Waals surface area contributed by atoms with Crippen molar-refractivity contribution < 1.29 is 24.2 Å². The summed E-state index contributed by atoms with van der Waals surface area (Å²) in [4.78, 5) is 34.3. The number of hydrogen-bond acceptors (Lipinski definition) is 4. The van der Waals surface area contributed by atoms with Crippen LogP contribution in [0.3, 0.4) is 0 Å². The van der Waals surface area contributed by atoms with Gasteiger partial charge < -0.3 is 20.5 Å². The molecule has 1 atom stereocenters. The number of rotatable bonds is 8. The molecule has 0 bridgehead atoms. The number of aliphatic carboxylic acids is 1. The van der Waals surface area contributed by atoms with Crippen LogP contribution >= 0.6 is 0 Å². The highest BCUT2D eigenvalue weighted by Crippen LogP contribution is 2.12. The molecule has 7 heteroatoms. The second-order valence-electron chi connectivity index (χ2n) is 7.07. The van der Waals surface area contributed by atoms with Crippen LogP contribution < -0.4 is 10.6 Å². The molecule has 1 aromatic carbocycles. The molecule has 0 spiro atoms. The summed E-state index contributed by atoms with van der Waals surface area (Å²) in [5.41, 5.74) is 1.18. The summed E-state index contributed by atoms with van der Waals surface area (Å²) >= 11 is 0. The quantitative estimate of drug-likeness (QED) is 0.657. The van der Waals surface area contributed by atoms with Crippen LogP contribution in [-0.2, 0) is 27.3 Å². The highest BCUT2D eigenvalue weighted by Gasteiger charge is 2.19. The topological polar surface area (TPSA) is 105 Å². The van der Waals surface area contributed by atoms with Crippen LogP contribution in [0.5, 0.6) is 0 Å². The molecule has 0 saturated carbocycles. The Labute approximate surface area is 154 Å². The van der Waals surface area contributed by atoms with Gasteiger partial charge in [0.1, 0.15) is 5.60 Å². The van der Waals surface area contributed by atoms with E-state index >= 15 is 0 Å². The molecule has 0 saturated heterocycles. The minimum absolute atomic E-state index is 0.101. The molecule has 1 aromatic rings. The van der Waals surface area contributed by atoms with Gasteiger partial charge in [0, 0.05) is 19.5 Å². The van der Waals surface area contributed by atoms with E-state index in [-0.39, 0.29) is 12.5 Å². The van der Waals surface area contributed by atoms with Gasteiger partial charge in [-0.25, -0.2) is 4.79 Å². The van der Waals surface area contributed by atoms with Crippen molar-refractivity contribution in [1.29, 1.82) is 0 Å². The zero-order chi connectivity index (χ0) is 19.7. The fourth-order valence-corrected chi connectivity index (χ4v) is 2.17. The summed E-state index contributed by atoms with van der Waals surface area (Å²) in [5.74, 6) is -1.80. The molecule has 3 N–H and O–H groups in total. The molecule has 26 heavy (non-hydrogen) atoms. The third-order valence-electron chi connectivity index (χ3n) is 3.56. The van der Waals surface area contributed by atoms with Crippen molar-refractivity contribution in [1.82, 2.24) is 10.6 Å². The van der Waals surface area contributed by atoms with E-state index < -0.39 is 23.6 Å². The first-order chi connectivity index (χ1) is 12.1. The number of nitrogens with one attached hydrogen (secondary N) is 2. The van der Waals surface area contributed by atoms with Crippen molar-refractivity contribution in [2.45, 2.75) is 52.7 Å². The SMILES string of the molecule is CCC(=O)NC[C@H](Cc1ccc(CNC(=O)OC(C)(C)C)cc1)C(=O)O.